The van der Waals surface area contributed by atoms with Gasteiger partial charge in [-0.25, -0.2) is 4.39 Å². The molecular formula is C15H23FN2. The highest BCUT2D eigenvalue weighted by Crippen LogP contribution is 2.21. The molecular weight excluding hydrogens is 227 g/mol. The predicted octanol–water partition coefficient (Wildman–Crippen LogP) is 3.04. The summed E-state index contributed by atoms with van der Waals surface area (Å²) in [6.45, 7) is 7.29. The maximum atomic E-state index is 13.9. The zero-order valence-corrected chi connectivity index (χ0v) is 11.3. The standard InChI is InChI=1S/C15H23FN2/c1-3-13-8-9-18(11-12(2)10-17-13)15-7-5-4-6-14(15)16/h4-7,12-13,17H,3,8-11H2,1-2H3. The Morgan fingerprint density at radius 2 is 2.17 bits per heavy atom. The van der Waals surface area contributed by atoms with Gasteiger partial charge in [-0.15, -0.1) is 0 Å². The second-order valence-corrected chi connectivity index (χ2v) is 5.30. The second-order valence-electron chi connectivity index (χ2n) is 5.30. The Morgan fingerprint density at radius 1 is 1.39 bits per heavy atom. The molecule has 0 bridgehead atoms. The minimum Gasteiger partial charge on any atom is -0.369 e. The molecule has 1 aliphatic rings. The van der Waals surface area contributed by atoms with Crippen LogP contribution in [0.4, 0.5) is 10.1 Å². The van der Waals surface area contributed by atoms with E-state index in [1.165, 1.54) is 0 Å². The number of nitrogens with zero attached hydrogens (tertiary/aromatic N) is 1. The number of halogens is 1. The van der Waals surface area contributed by atoms with E-state index in [0.29, 0.717) is 12.0 Å². The zero-order valence-electron chi connectivity index (χ0n) is 11.3. The molecule has 2 nitrogen and oxygen atoms in total. The van der Waals surface area contributed by atoms with E-state index in [0.717, 1.165) is 38.2 Å². The molecule has 0 amide bonds. The summed E-state index contributed by atoms with van der Waals surface area (Å²) >= 11 is 0. The van der Waals surface area contributed by atoms with Crippen molar-refractivity contribution in [2.75, 3.05) is 24.5 Å². The van der Waals surface area contributed by atoms with E-state index in [1.807, 2.05) is 12.1 Å². The van der Waals surface area contributed by atoms with Crippen molar-refractivity contribution in [3.8, 4) is 0 Å². The van der Waals surface area contributed by atoms with Crippen LogP contribution in [-0.2, 0) is 0 Å². The van der Waals surface area contributed by atoms with Gasteiger partial charge in [0.2, 0.25) is 0 Å². The van der Waals surface area contributed by atoms with Crippen molar-refractivity contribution < 1.29 is 4.39 Å². The number of nitrogens with one attached hydrogen (secondary N) is 1. The lowest BCUT2D eigenvalue weighted by Gasteiger charge is -2.33. The highest BCUT2D eigenvalue weighted by molar-refractivity contribution is 5.47. The van der Waals surface area contributed by atoms with Crippen molar-refractivity contribution in [1.29, 1.82) is 0 Å². The maximum Gasteiger partial charge on any atom is 0.146 e. The molecule has 1 N–H and O–H groups in total. The summed E-state index contributed by atoms with van der Waals surface area (Å²) in [6, 6.07) is 7.66. The number of hydrogen-bond acceptors (Lipinski definition) is 2. The molecule has 100 valence electrons. The summed E-state index contributed by atoms with van der Waals surface area (Å²) in [5, 5.41) is 3.59. The van der Waals surface area contributed by atoms with E-state index in [9.17, 15) is 4.39 Å². The molecule has 1 aromatic carbocycles. The van der Waals surface area contributed by atoms with Gasteiger partial charge < -0.3 is 10.2 Å². The lowest BCUT2D eigenvalue weighted by Crippen LogP contribution is -2.43. The Hall–Kier alpha value is -1.09. The van der Waals surface area contributed by atoms with Crippen LogP contribution in [0.2, 0.25) is 0 Å². The van der Waals surface area contributed by atoms with Gasteiger partial charge in [-0.05, 0) is 37.4 Å². The third-order valence-corrected chi connectivity index (χ3v) is 3.72. The van der Waals surface area contributed by atoms with Gasteiger partial charge in [0.05, 0.1) is 5.69 Å². The summed E-state index contributed by atoms with van der Waals surface area (Å²) in [4.78, 5) is 2.20. The summed E-state index contributed by atoms with van der Waals surface area (Å²) in [5.74, 6) is 0.435. The third-order valence-electron chi connectivity index (χ3n) is 3.72. The maximum absolute atomic E-state index is 13.9. The van der Waals surface area contributed by atoms with Crippen LogP contribution in [-0.4, -0.2) is 25.7 Å². The molecule has 1 saturated heterocycles. The summed E-state index contributed by atoms with van der Waals surface area (Å²) in [6.07, 6.45) is 2.22. The number of anilines is 1. The molecule has 0 spiro atoms. The van der Waals surface area contributed by atoms with Crippen LogP contribution in [0.3, 0.4) is 0 Å². The molecule has 1 heterocycles. The molecule has 0 saturated carbocycles. The first-order valence-corrected chi connectivity index (χ1v) is 6.93. The number of benzene rings is 1. The van der Waals surface area contributed by atoms with E-state index >= 15 is 0 Å². The molecule has 1 fully saturated rings. The Balaban J connectivity index is 2.13. The molecule has 3 heteroatoms. The van der Waals surface area contributed by atoms with Crippen molar-refractivity contribution in [3.63, 3.8) is 0 Å². The van der Waals surface area contributed by atoms with Gasteiger partial charge >= 0.3 is 0 Å². The van der Waals surface area contributed by atoms with Crippen molar-refractivity contribution in [2.45, 2.75) is 32.7 Å². The van der Waals surface area contributed by atoms with Crippen LogP contribution in [0, 0.1) is 11.7 Å². The number of hydrogen-bond donors (Lipinski definition) is 1. The Labute approximate surface area is 109 Å². The number of para-hydroxylation sites is 1. The van der Waals surface area contributed by atoms with Crippen LogP contribution >= 0.6 is 0 Å². The lowest BCUT2D eigenvalue weighted by molar-refractivity contribution is 0.386. The normalized spacial score (nSPS) is 25.6. The molecule has 2 unspecified atom stereocenters. The highest BCUT2D eigenvalue weighted by Gasteiger charge is 2.19. The van der Waals surface area contributed by atoms with E-state index < -0.39 is 0 Å². The van der Waals surface area contributed by atoms with Crippen molar-refractivity contribution in [1.82, 2.24) is 5.32 Å². The van der Waals surface area contributed by atoms with Crippen LogP contribution in [0.25, 0.3) is 0 Å². The minimum absolute atomic E-state index is 0.105. The van der Waals surface area contributed by atoms with Crippen molar-refractivity contribution in [3.05, 3.63) is 30.1 Å². The first kappa shape index (κ1) is 13.3. The summed E-state index contributed by atoms with van der Waals surface area (Å²) < 4.78 is 13.9. The SMILES string of the molecule is CCC1CCN(c2ccccc2F)CC(C)CN1. The minimum atomic E-state index is -0.105. The lowest BCUT2D eigenvalue weighted by atomic mass is 10.0. The van der Waals surface area contributed by atoms with E-state index in [4.69, 9.17) is 0 Å². The average Bonchev–Trinajstić information content (AvgIpc) is 2.35. The fourth-order valence-corrected chi connectivity index (χ4v) is 2.59. The molecule has 2 rings (SSSR count). The molecule has 2 atom stereocenters. The fraction of sp³-hybridized carbons (Fsp3) is 0.600. The van der Waals surface area contributed by atoms with Gasteiger partial charge in [0.25, 0.3) is 0 Å². The van der Waals surface area contributed by atoms with Crippen LogP contribution in [0.1, 0.15) is 26.7 Å². The smallest absolute Gasteiger partial charge is 0.146 e. The van der Waals surface area contributed by atoms with Gasteiger partial charge in [-0.2, -0.15) is 0 Å². The zero-order chi connectivity index (χ0) is 13.0. The molecule has 0 aromatic heterocycles. The average molecular weight is 250 g/mol. The molecule has 1 aliphatic heterocycles. The van der Waals surface area contributed by atoms with E-state index in [2.05, 4.69) is 24.1 Å². The highest BCUT2D eigenvalue weighted by atomic mass is 19.1. The topological polar surface area (TPSA) is 15.3 Å². The van der Waals surface area contributed by atoms with Crippen molar-refractivity contribution >= 4 is 5.69 Å². The Morgan fingerprint density at radius 3 is 2.89 bits per heavy atom. The summed E-state index contributed by atoms with van der Waals surface area (Å²) in [5.41, 5.74) is 0.751. The monoisotopic (exact) mass is 250 g/mol. The van der Waals surface area contributed by atoms with Crippen LogP contribution < -0.4 is 10.2 Å². The first-order valence-electron chi connectivity index (χ1n) is 6.93. The molecule has 0 aliphatic carbocycles. The van der Waals surface area contributed by atoms with Gasteiger partial charge in [0.1, 0.15) is 5.82 Å². The van der Waals surface area contributed by atoms with Gasteiger partial charge in [-0.1, -0.05) is 26.0 Å². The fourth-order valence-electron chi connectivity index (χ4n) is 2.59. The Kier molecular flexibility index (Phi) is 4.59. The van der Waals surface area contributed by atoms with E-state index in [1.54, 1.807) is 12.1 Å². The summed E-state index contributed by atoms with van der Waals surface area (Å²) in [7, 11) is 0. The largest absolute Gasteiger partial charge is 0.369 e. The predicted molar refractivity (Wildman–Crippen MR) is 74.5 cm³/mol. The third kappa shape index (κ3) is 3.22. The molecule has 0 radical (unpaired) electrons. The Bertz CT molecular complexity index is 381. The van der Waals surface area contributed by atoms with Crippen LogP contribution in [0.5, 0.6) is 0 Å². The van der Waals surface area contributed by atoms with Crippen molar-refractivity contribution in [2.24, 2.45) is 5.92 Å². The van der Waals surface area contributed by atoms with Gasteiger partial charge in [0, 0.05) is 19.1 Å². The quantitative estimate of drug-likeness (QED) is 0.868. The van der Waals surface area contributed by atoms with Gasteiger partial charge in [0.15, 0.2) is 0 Å². The number of rotatable bonds is 2. The molecule has 18 heavy (non-hydrogen) atoms. The van der Waals surface area contributed by atoms with E-state index in [-0.39, 0.29) is 5.82 Å². The molecule has 1 aromatic rings. The first-order chi connectivity index (χ1) is 8.70. The van der Waals surface area contributed by atoms with Crippen LogP contribution in [0.15, 0.2) is 24.3 Å². The second kappa shape index (κ2) is 6.19. The van der Waals surface area contributed by atoms with Gasteiger partial charge in [-0.3, -0.25) is 0 Å².